The molecule has 1 saturated heterocycles. The summed E-state index contributed by atoms with van der Waals surface area (Å²) in [4.78, 5) is 0. The maximum absolute atomic E-state index is 9.51. The van der Waals surface area contributed by atoms with Crippen molar-refractivity contribution in [3.05, 3.63) is 23.7 Å². The molecule has 78 valence electrons. The van der Waals surface area contributed by atoms with Crippen LogP contribution in [0, 0.1) is 0 Å². The van der Waals surface area contributed by atoms with Crippen LogP contribution in [-0.4, -0.2) is 18.3 Å². The van der Waals surface area contributed by atoms with Crippen LogP contribution < -0.4 is 0 Å². The quantitative estimate of drug-likeness (QED) is 0.804. The van der Waals surface area contributed by atoms with Gasteiger partial charge in [-0.25, -0.2) is 0 Å². The molecule has 0 aliphatic carbocycles. The zero-order valence-corrected chi connectivity index (χ0v) is 8.10. The summed E-state index contributed by atoms with van der Waals surface area (Å²) in [5.41, 5.74) is 0. The molecule has 4 heteroatoms. The molecule has 2 rings (SSSR count). The average molecular weight is 198 g/mol. The largest absolute Gasteiger partial charge is 0.458 e. The zero-order valence-electron chi connectivity index (χ0n) is 8.10. The fourth-order valence-electron chi connectivity index (χ4n) is 1.40. The van der Waals surface area contributed by atoms with Crippen molar-refractivity contribution in [1.82, 2.24) is 0 Å². The summed E-state index contributed by atoms with van der Waals surface area (Å²) >= 11 is 0. The van der Waals surface area contributed by atoms with E-state index in [2.05, 4.69) is 0 Å². The first-order valence-corrected chi connectivity index (χ1v) is 4.82. The van der Waals surface area contributed by atoms with Gasteiger partial charge in [0.05, 0.1) is 13.2 Å². The summed E-state index contributed by atoms with van der Waals surface area (Å²) in [6.07, 6.45) is -0.294. The first-order chi connectivity index (χ1) is 6.81. The van der Waals surface area contributed by atoms with E-state index in [9.17, 15) is 5.11 Å². The van der Waals surface area contributed by atoms with Gasteiger partial charge >= 0.3 is 0 Å². The molecule has 0 aromatic carbocycles. The molecule has 14 heavy (non-hydrogen) atoms. The van der Waals surface area contributed by atoms with Crippen molar-refractivity contribution in [2.45, 2.75) is 25.7 Å². The van der Waals surface area contributed by atoms with Crippen molar-refractivity contribution in [2.24, 2.45) is 0 Å². The van der Waals surface area contributed by atoms with Crippen LogP contribution in [0.15, 0.2) is 16.5 Å². The van der Waals surface area contributed by atoms with Crippen LogP contribution >= 0.6 is 0 Å². The second-order valence-electron chi connectivity index (χ2n) is 3.24. The molecule has 1 aliphatic rings. The Hall–Kier alpha value is -0.840. The lowest BCUT2D eigenvalue weighted by Crippen LogP contribution is -1.96. The molecule has 0 radical (unpaired) electrons. The number of rotatable bonds is 3. The third-order valence-electron chi connectivity index (χ3n) is 2.22. The van der Waals surface area contributed by atoms with E-state index in [4.69, 9.17) is 13.9 Å². The molecule has 1 atom stereocenters. The molecule has 1 aromatic heterocycles. The van der Waals surface area contributed by atoms with Crippen molar-refractivity contribution >= 4 is 0 Å². The van der Waals surface area contributed by atoms with Crippen molar-refractivity contribution in [3.63, 3.8) is 0 Å². The van der Waals surface area contributed by atoms with Gasteiger partial charge in [0.2, 0.25) is 6.29 Å². The number of hydrogen-bond donors (Lipinski definition) is 1. The second kappa shape index (κ2) is 4.13. The van der Waals surface area contributed by atoms with E-state index in [1.54, 1.807) is 12.1 Å². The molecule has 1 aliphatic heterocycles. The van der Waals surface area contributed by atoms with E-state index in [-0.39, 0.29) is 0 Å². The van der Waals surface area contributed by atoms with Gasteiger partial charge in [0.1, 0.15) is 11.9 Å². The number of aliphatic hydroxyl groups excluding tert-OH is 1. The summed E-state index contributed by atoms with van der Waals surface area (Å²) in [6, 6.07) is 3.54. The minimum absolute atomic E-state index is 0.396. The fraction of sp³-hybridized carbons (Fsp3) is 0.600. The Kier molecular flexibility index (Phi) is 2.86. The molecule has 4 nitrogen and oxygen atoms in total. The van der Waals surface area contributed by atoms with Gasteiger partial charge in [-0.3, -0.25) is 0 Å². The lowest BCUT2D eigenvalue weighted by Gasteiger charge is -2.06. The SMILES string of the molecule is CCC(O)c1ccc(C2OCCO2)o1. The standard InChI is InChI=1S/C10H14O4/c1-2-7(11)8-3-4-9(14-8)10-12-5-6-13-10/h3-4,7,10-11H,2,5-6H2,1H3. The summed E-state index contributed by atoms with van der Waals surface area (Å²) < 4.78 is 16.0. The Balaban J connectivity index is 2.08. The zero-order chi connectivity index (χ0) is 9.97. The predicted molar refractivity (Wildman–Crippen MR) is 48.6 cm³/mol. The normalized spacial score (nSPS) is 20.1. The van der Waals surface area contributed by atoms with Gasteiger partial charge in [-0.1, -0.05) is 6.92 Å². The molecule has 1 N–H and O–H groups in total. The molecule has 2 heterocycles. The summed E-state index contributed by atoms with van der Waals surface area (Å²) in [5, 5.41) is 9.51. The molecular weight excluding hydrogens is 184 g/mol. The van der Waals surface area contributed by atoms with Crippen molar-refractivity contribution in [1.29, 1.82) is 0 Å². The molecule has 0 spiro atoms. The smallest absolute Gasteiger partial charge is 0.217 e. The minimum Gasteiger partial charge on any atom is -0.458 e. The number of aliphatic hydroxyl groups is 1. The van der Waals surface area contributed by atoms with Gasteiger partial charge in [0, 0.05) is 0 Å². The van der Waals surface area contributed by atoms with E-state index in [0.29, 0.717) is 31.2 Å². The average Bonchev–Trinajstić information content (AvgIpc) is 2.86. The van der Waals surface area contributed by atoms with E-state index in [1.807, 2.05) is 6.92 Å². The summed E-state index contributed by atoms with van der Waals surface area (Å²) in [7, 11) is 0. The van der Waals surface area contributed by atoms with Gasteiger partial charge in [-0.15, -0.1) is 0 Å². The third kappa shape index (κ3) is 1.82. The lowest BCUT2D eigenvalue weighted by molar-refractivity contribution is -0.0605. The maximum Gasteiger partial charge on any atom is 0.217 e. The molecular formula is C10H14O4. The van der Waals surface area contributed by atoms with Crippen molar-refractivity contribution in [3.8, 4) is 0 Å². The van der Waals surface area contributed by atoms with Crippen LogP contribution in [0.2, 0.25) is 0 Å². The van der Waals surface area contributed by atoms with E-state index in [0.717, 1.165) is 0 Å². The van der Waals surface area contributed by atoms with Gasteiger partial charge < -0.3 is 19.0 Å². The fourth-order valence-corrected chi connectivity index (χ4v) is 1.40. The minimum atomic E-state index is -0.537. The Morgan fingerprint density at radius 1 is 1.43 bits per heavy atom. The topological polar surface area (TPSA) is 51.8 Å². The van der Waals surface area contributed by atoms with E-state index in [1.165, 1.54) is 0 Å². The van der Waals surface area contributed by atoms with Gasteiger partial charge in [-0.2, -0.15) is 0 Å². The van der Waals surface area contributed by atoms with Crippen LogP contribution in [0.4, 0.5) is 0 Å². The lowest BCUT2D eigenvalue weighted by atomic mass is 10.2. The molecule has 1 fully saturated rings. The van der Waals surface area contributed by atoms with E-state index < -0.39 is 12.4 Å². The molecule has 0 bridgehead atoms. The van der Waals surface area contributed by atoms with Crippen LogP contribution in [-0.2, 0) is 9.47 Å². The molecule has 1 aromatic rings. The van der Waals surface area contributed by atoms with Gasteiger partial charge in [0.15, 0.2) is 5.76 Å². The highest BCUT2D eigenvalue weighted by molar-refractivity contribution is 5.10. The van der Waals surface area contributed by atoms with Crippen LogP contribution in [0.1, 0.15) is 37.3 Å². The number of furan rings is 1. The van der Waals surface area contributed by atoms with Crippen LogP contribution in [0.3, 0.4) is 0 Å². The van der Waals surface area contributed by atoms with Gasteiger partial charge in [-0.05, 0) is 18.6 Å². The summed E-state index contributed by atoms with van der Waals surface area (Å²) in [5.74, 6) is 1.20. The van der Waals surface area contributed by atoms with Crippen molar-refractivity contribution in [2.75, 3.05) is 13.2 Å². The number of ether oxygens (including phenoxy) is 2. The maximum atomic E-state index is 9.51. The Bertz CT molecular complexity index is 288. The highest BCUT2D eigenvalue weighted by atomic mass is 16.7. The monoisotopic (exact) mass is 198 g/mol. The molecule has 0 amide bonds. The van der Waals surface area contributed by atoms with E-state index >= 15 is 0 Å². The highest BCUT2D eigenvalue weighted by Crippen LogP contribution is 2.27. The van der Waals surface area contributed by atoms with Crippen molar-refractivity contribution < 1.29 is 19.0 Å². The Labute approximate surface area is 82.4 Å². The van der Waals surface area contributed by atoms with Gasteiger partial charge in [0.25, 0.3) is 0 Å². The number of hydrogen-bond acceptors (Lipinski definition) is 4. The Morgan fingerprint density at radius 3 is 2.79 bits per heavy atom. The Morgan fingerprint density at radius 2 is 2.14 bits per heavy atom. The first kappa shape index (κ1) is 9.71. The molecule has 1 unspecified atom stereocenters. The molecule has 0 saturated carbocycles. The van der Waals surface area contributed by atoms with Crippen LogP contribution in [0.25, 0.3) is 0 Å². The highest BCUT2D eigenvalue weighted by Gasteiger charge is 2.22. The first-order valence-electron chi connectivity index (χ1n) is 4.82. The van der Waals surface area contributed by atoms with Crippen LogP contribution in [0.5, 0.6) is 0 Å². The summed E-state index contributed by atoms with van der Waals surface area (Å²) in [6.45, 7) is 3.09. The second-order valence-corrected chi connectivity index (χ2v) is 3.24. The third-order valence-corrected chi connectivity index (χ3v) is 2.22. The predicted octanol–water partition coefficient (Wildman–Crippen LogP) is 1.77.